The van der Waals surface area contributed by atoms with Gasteiger partial charge in [0, 0.05) is 0 Å². The van der Waals surface area contributed by atoms with E-state index in [0.717, 1.165) is 38.5 Å². The molecule has 0 aliphatic heterocycles. The fourth-order valence-electron chi connectivity index (χ4n) is 4.27. The van der Waals surface area contributed by atoms with Gasteiger partial charge in [0.1, 0.15) is 6.10 Å². The lowest BCUT2D eigenvalue weighted by Crippen LogP contribution is -2.31. The van der Waals surface area contributed by atoms with Crippen LogP contribution in [-0.4, -0.2) is 23.1 Å². The molecule has 0 aromatic heterocycles. The monoisotopic (exact) mass is 382 g/mol. The van der Waals surface area contributed by atoms with Crippen LogP contribution in [0.15, 0.2) is 0 Å². The molecule has 27 heavy (non-hydrogen) atoms. The molecule has 0 heterocycles. The Morgan fingerprint density at radius 1 is 0.963 bits per heavy atom. The first-order valence-corrected chi connectivity index (χ1v) is 11.4. The van der Waals surface area contributed by atoms with Crippen molar-refractivity contribution in [2.75, 3.05) is 0 Å². The van der Waals surface area contributed by atoms with Crippen LogP contribution < -0.4 is 0 Å². The van der Waals surface area contributed by atoms with Gasteiger partial charge in [0.15, 0.2) is 0 Å². The summed E-state index contributed by atoms with van der Waals surface area (Å²) in [6, 6.07) is 0. The fourth-order valence-corrected chi connectivity index (χ4v) is 4.27. The van der Waals surface area contributed by atoms with Crippen molar-refractivity contribution in [1.29, 1.82) is 0 Å². The molecule has 1 rings (SSSR count). The van der Waals surface area contributed by atoms with E-state index in [9.17, 15) is 14.7 Å². The molecule has 1 saturated carbocycles. The molecule has 158 valence electrons. The zero-order valence-corrected chi connectivity index (χ0v) is 17.9. The summed E-state index contributed by atoms with van der Waals surface area (Å²) in [6.45, 7) is 6.66. The summed E-state index contributed by atoms with van der Waals surface area (Å²) < 4.78 is 5.98. The maximum atomic E-state index is 12.7. The van der Waals surface area contributed by atoms with Gasteiger partial charge in [0.25, 0.3) is 0 Å². The number of aliphatic carboxylic acids is 1. The first-order chi connectivity index (χ1) is 13.0. The van der Waals surface area contributed by atoms with Crippen molar-refractivity contribution >= 4 is 11.9 Å². The Hall–Kier alpha value is -1.06. The normalized spacial score (nSPS) is 22.2. The van der Waals surface area contributed by atoms with Gasteiger partial charge in [-0.25, -0.2) is 0 Å². The number of hydrogen-bond acceptors (Lipinski definition) is 3. The molecule has 0 radical (unpaired) electrons. The first-order valence-electron chi connectivity index (χ1n) is 11.4. The Morgan fingerprint density at radius 2 is 1.67 bits per heavy atom. The highest BCUT2D eigenvalue weighted by Crippen LogP contribution is 2.31. The third kappa shape index (κ3) is 9.62. The molecule has 4 heteroatoms. The van der Waals surface area contributed by atoms with Crippen molar-refractivity contribution in [2.45, 2.75) is 117 Å². The molecule has 4 unspecified atom stereocenters. The van der Waals surface area contributed by atoms with Crippen LogP contribution in [-0.2, 0) is 14.3 Å². The second-order valence-corrected chi connectivity index (χ2v) is 8.46. The van der Waals surface area contributed by atoms with Gasteiger partial charge in [-0.2, -0.15) is 0 Å². The van der Waals surface area contributed by atoms with Crippen LogP contribution >= 0.6 is 0 Å². The fraction of sp³-hybridized carbons (Fsp3) is 0.913. The van der Waals surface area contributed by atoms with Gasteiger partial charge in [0.2, 0.25) is 0 Å². The average Bonchev–Trinajstić information content (AvgIpc) is 2.68. The number of carboxylic acid groups (broad SMARTS) is 1. The van der Waals surface area contributed by atoms with Crippen LogP contribution in [0, 0.1) is 17.8 Å². The van der Waals surface area contributed by atoms with Crippen molar-refractivity contribution in [1.82, 2.24) is 0 Å². The summed E-state index contributed by atoms with van der Waals surface area (Å²) in [5.74, 6) is -0.908. The third-order valence-corrected chi connectivity index (χ3v) is 6.16. The van der Waals surface area contributed by atoms with E-state index in [1.54, 1.807) is 0 Å². The maximum Gasteiger partial charge on any atom is 0.309 e. The van der Waals surface area contributed by atoms with E-state index in [0.29, 0.717) is 18.8 Å². The van der Waals surface area contributed by atoms with Crippen LogP contribution in [0.5, 0.6) is 0 Å². The topological polar surface area (TPSA) is 63.6 Å². The minimum Gasteiger partial charge on any atom is -0.481 e. The van der Waals surface area contributed by atoms with E-state index in [1.807, 2.05) is 0 Å². The lowest BCUT2D eigenvalue weighted by Gasteiger charge is -2.28. The van der Waals surface area contributed by atoms with Gasteiger partial charge in [-0.15, -0.1) is 0 Å². The zero-order valence-electron chi connectivity index (χ0n) is 17.9. The van der Waals surface area contributed by atoms with Gasteiger partial charge >= 0.3 is 11.9 Å². The van der Waals surface area contributed by atoms with E-state index in [2.05, 4.69) is 20.8 Å². The molecule has 0 amide bonds. The zero-order chi connectivity index (χ0) is 20.1. The Balaban J connectivity index is 2.61. The van der Waals surface area contributed by atoms with E-state index < -0.39 is 5.97 Å². The highest BCUT2D eigenvalue weighted by Gasteiger charge is 2.33. The summed E-state index contributed by atoms with van der Waals surface area (Å²) in [7, 11) is 0. The third-order valence-electron chi connectivity index (χ3n) is 6.16. The smallest absolute Gasteiger partial charge is 0.309 e. The largest absolute Gasteiger partial charge is 0.481 e. The first kappa shape index (κ1) is 24.0. The second kappa shape index (κ2) is 14.0. The summed E-state index contributed by atoms with van der Waals surface area (Å²) in [5, 5.41) is 9.27. The molecule has 4 atom stereocenters. The maximum absolute atomic E-state index is 12.7. The molecule has 0 saturated heterocycles. The number of hydrogen-bond donors (Lipinski definition) is 1. The number of ether oxygens (including phenoxy) is 1. The minimum atomic E-state index is -0.769. The van der Waals surface area contributed by atoms with Crippen LogP contribution in [0.2, 0.25) is 0 Å². The predicted octanol–water partition coefficient (Wildman–Crippen LogP) is 6.37. The lowest BCUT2D eigenvalue weighted by atomic mass is 9.81. The number of carbonyl (C=O) groups is 2. The summed E-state index contributed by atoms with van der Waals surface area (Å²) in [4.78, 5) is 24.0. The molecule has 0 aromatic rings. The Kier molecular flexibility index (Phi) is 12.4. The van der Waals surface area contributed by atoms with Crippen molar-refractivity contribution in [2.24, 2.45) is 17.8 Å². The molecule has 1 aliphatic rings. The van der Waals surface area contributed by atoms with Crippen molar-refractivity contribution < 1.29 is 19.4 Å². The molecule has 1 fully saturated rings. The molecule has 0 aromatic carbocycles. The van der Waals surface area contributed by atoms with Crippen LogP contribution in [0.3, 0.4) is 0 Å². The number of carbonyl (C=O) groups excluding carboxylic acids is 1. The minimum absolute atomic E-state index is 0.00127. The molecule has 1 aliphatic carbocycles. The summed E-state index contributed by atoms with van der Waals surface area (Å²) in [6.07, 6.45) is 14.2. The standard InChI is InChI=1S/C23H42O4/c1-4-7-9-10-15-21(16-18(6-3)12-8-5-2)27-23(26)20-14-11-13-19(17-20)22(24)25/h18-21H,4-17H2,1-3H3,(H,24,25). The summed E-state index contributed by atoms with van der Waals surface area (Å²) in [5.41, 5.74) is 0. The lowest BCUT2D eigenvalue weighted by molar-refractivity contribution is -0.158. The number of rotatable bonds is 14. The highest BCUT2D eigenvalue weighted by molar-refractivity contribution is 5.75. The van der Waals surface area contributed by atoms with Gasteiger partial charge in [-0.1, -0.05) is 72.1 Å². The van der Waals surface area contributed by atoms with E-state index in [-0.39, 0.29) is 23.9 Å². The van der Waals surface area contributed by atoms with Crippen molar-refractivity contribution in [3.05, 3.63) is 0 Å². The average molecular weight is 383 g/mol. The van der Waals surface area contributed by atoms with Gasteiger partial charge in [-0.3, -0.25) is 9.59 Å². The Morgan fingerprint density at radius 3 is 2.30 bits per heavy atom. The van der Waals surface area contributed by atoms with Crippen molar-refractivity contribution in [3.8, 4) is 0 Å². The van der Waals surface area contributed by atoms with Gasteiger partial charge in [0.05, 0.1) is 11.8 Å². The molecule has 0 bridgehead atoms. The number of esters is 1. The quantitative estimate of drug-likeness (QED) is 0.280. The number of carboxylic acids is 1. The van der Waals surface area contributed by atoms with Gasteiger partial charge in [-0.05, 0) is 44.4 Å². The second-order valence-electron chi connectivity index (χ2n) is 8.46. The molecule has 1 N–H and O–H groups in total. The van der Waals surface area contributed by atoms with Crippen LogP contribution in [0.1, 0.15) is 111 Å². The van der Waals surface area contributed by atoms with E-state index in [1.165, 1.54) is 38.5 Å². The van der Waals surface area contributed by atoms with E-state index in [4.69, 9.17) is 4.74 Å². The molecular formula is C23H42O4. The van der Waals surface area contributed by atoms with E-state index >= 15 is 0 Å². The molecule has 0 spiro atoms. The van der Waals surface area contributed by atoms with Crippen LogP contribution in [0.25, 0.3) is 0 Å². The molecule has 4 nitrogen and oxygen atoms in total. The van der Waals surface area contributed by atoms with Crippen LogP contribution in [0.4, 0.5) is 0 Å². The Bertz CT molecular complexity index is 421. The molecular weight excluding hydrogens is 340 g/mol. The van der Waals surface area contributed by atoms with Gasteiger partial charge < -0.3 is 9.84 Å². The predicted molar refractivity (Wildman–Crippen MR) is 110 cm³/mol. The highest BCUT2D eigenvalue weighted by atomic mass is 16.5. The van der Waals surface area contributed by atoms with Crippen molar-refractivity contribution in [3.63, 3.8) is 0 Å². The number of unbranched alkanes of at least 4 members (excludes halogenated alkanes) is 4. The summed E-state index contributed by atoms with van der Waals surface area (Å²) >= 11 is 0. The SMILES string of the molecule is CCCCCCC(CC(CC)CCCC)OC(=O)C1CCCC(C(=O)O)C1. The Labute approximate surface area is 166 Å².